The van der Waals surface area contributed by atoms with Crippen LogP contribution in [-0.2, 0) is 6.42 Å². The molecule has 3 N–H and O–H groups in total. The molecule has 1 aromatic carbocycles. The van der Waals surface area contributed by atoms with Crippen molar-refractivity contribution in [2.24, 2.45) is 0 Å². The first-order valence-electron chi connectivity index (χ1n) is 5.36. The van der Waals surface area contributed by atoms with Gasteiger partial charge in [-0.25, -0.2) is 4.98 Å². The number of nitrogens with two attached hydrogens (primary N) is 1. The lowest BCUT2D eigenvalue weighted by molar-refractivity contribution is 1.14. The number of pyridine rings is 1. The number of nitrogens with one attached hydrogen (secondary N) is 1. The zero-order valence-corrected chi connectivity index (χ0v) is 9.27. The summed E-state index contributed by atoms with van der Waals surface area (Å²) in [5.41, 5.74) is 9.01. The molecule has 16 heavy (non-hydrogen) atoms. The Balaban J connectivity index is 2.26. The predicted molar refractivity (Wildman–Crippen MR) is 67.8 cm³/mol. The Morgan fingerprint density at radius 1 is 1.25 bits per heavy atom. The van der Waals surface area contributed by atoms with Crippen LogP contribution in [0, 0.1) is 0 Å². The molecule has 2 rings (SSSR count). The number of hydrogen-bond donors (Lipinski definition) is 2. The molecule has 3 nitrogen and oxygen atoms in total. The van der Waals surface area contributed by atoms with Crippen LogP contribution < -0.4 is 11.1 Å². The molecule has 3 heteroatoms. The predicted octanol–water partition coefficient (Wildman–Crippen LogP) is 2.97. The monoisotopic (exact) mass is 213 g/mol. The Kier molecular flexibility index (Phi) is 3.05. The van der Waals surface area contributed by atoms with E-state index in [-0.39, 0.29) is 0 Å². The first kappa shape index (κ1) is 10.5. The normalized spacial score (nSPS) is 10.1. The van der Waals surface area contributed by atoms with Gasteiger partial charge in [0.15, 0.2) is 0 Å². The lowest BCUT2D eigenvalue weighted by Crippen LogP contribution is -1.96. The van der Waals surface area contributed by atoms with Crippen LogP contribution in [0.4, 0.5) is 17.2 Å². The van der Waals surface area contributed by atoms with Gasteiger partial charge in [-0.15, -0.1) is 0 Å². The highest BCUT2D eigenvalue weighted by atomic mass is 14.9. The first-order chi connectivity index (χ1) is 7.79. The number of para-hydroxylation sites is 1. The minimum Gasteiger partial charge on any atom is -0.384 e. The van der Waals surface area contributed by atoms with Crippen molar-refractivity contribution in [3.05, 3.63) is 48.2 Å². The average molecular weight is 213 g/mol. The van der Waals surface area contributed by atoms with E-state index in [0.29, 0.717) is 5.82 Å². The fourth-order valence-corrected chi connectivity index (χ4v) is 1.63. The molecule has 0 saturated heterocycles. The summed E-state index contributed by atoms with van der Waals surface area (Å²) in [5.74, 6) is 0.527. The molecule has 1 heterocycles. The molecule has 0 aliphatic carbocycles. The van der Waals surface area contributed by atoms with Crippen molar-refractivity contribution in [1.82, 2.24) is 4.98 Å². The van der Waals surface area contributed by atoms with E-state index < -0.39 is 0 Å². The standard InChI is InChI=1S/C13H15N3/c1-2-10-5-3-4-6-12(10)16-11-7-8-15-13(14)9-11/h3-9H,2H2,1H3,(H3,14,15,16). The van der Waals surface area contributed by atoms with Crippen LogP contribution in [0.1, 0.15) is 12.5 Å². The van der Waals surface area contributed by atoms with Crippen molar-refractivity contribution < 1.29 is 0 Å². The van der Waals surface area contributed by atoms with E-state index in [1.54, 1.807) is 6.20 Å². The van der Waals surface area contributed by atoms with Gasteiger partial charge in [-0.05, 0) is 24.1 Å². The van der Waals surface area contributed by atoms with E-state index in [1.807, 2.05) is 24.3 Å². The van der Waals surface area contributed by atoms with Crippen molar-refractivity contribution >= 4 is 17.2 Å². The number of anilines is 3. The third-order valence-corrected chi connectivity index (χ3v) is 2.46. The SMILES string of the molecule is CCc1ccccc1Nc1ccnc(N)c1. The van der Waals surface area contributed by atoms with Gasteiger partial charge in [-0.2, -0.15) is 0 Å². The van der Waals surface area contributed by atoms with Crippen LogP contribution in [0.2, 0.25) is 0 Å². The summed E-state index contributed by atoms with van der Waals surface area (Å²) in [5, 5.41) is 3.34. The van der Waals surface area contributed by atoms with E-state index in [9.17, 15) is 0 Å². The maximum absolute atomic E-state index is 5.63. The molecule has 0 fully saturated rings. The Morgan fingerprint density at radius 2 is 2.06 bits per heavy atom. The Morgan fingerprint density at radius 3 is 2.81 bits per heavy atom. The van der Waals surface area contributed by atoms with Gasteiger partial charge < -0.3 is 11.1 Å². The summed E-state index contributed by atoms with van der Waals surface area (Å²) in [6.07, 6.45) is 2.70. The smallest absolute Gasteiger partial charge is 0.125 e. The van der Waals surface area contributed by atoms with Crippen LogP contribution in [0.25, 0.3) is 0 Å². The Hall–Kier alpha value is -2.03. The van der Waals surface area contributed by atoms with Gasteiger partial charge in [0.25, 0.3) is 0 Å². The van der Waals surface area contributed by atoms with Crippen molar-refractivity contribution in [3.63, 3.8) is 0 Å². The molecule has 0 spiro atoms. The van der Waals surface area contributed by atoms with Crippen LogP contribution >= 0.6 is 0 Å². The zero-order chi connectivity index (χ0) is 11.4. The minimum atomic E-state index is 0.527. The number of nitrogen functional groups attached to an aromatic ring is 1. The van der Waals surface area contributed by atoms with Gasteiger partial charge in [-0.3, -0.25) is 0 Å². The summed E-state index contributed by atoms with van der Waals surface area (Å²) in [7, 11) is 0. The van der Waals surface area contributed by atoms with Gasteiger partial charge in [0, 0.05) is 23.6 Å². The highest BCUT2D eigenvalue weighted by Crippen LogP contribution is 2.21. The second kappa shape index (κ2) is 4.66. The van der Waals surface area contributed by atoms with Crippen LogP contribution in [0.5, 0.6) is 0 Å². The molecule has 0 unspecified atom stereocenters. The van der Waals surface area contributed by atoms with Gasteiger partial charge in [-0.1, -0.05) is 25.1 Å². The number of rotatable bonds is 3. The molecule has 2 aromatic rings. The lowest BCUT2D eigenvalue weighted by Gasteiger charge is -2.10. The summed E-state index contributed by atoms with van der Waals surface area (Å²) >= 11 is 0. The van der Waals surface area contributed by atoms with Gasteiger partial charge in [0.1, 0.15) is 5.82 Å². The fourth-order valence-electron chi connectivity index (χ4n) is 1.63. The Labute approximate surface area is 95.3 Å². The third-order valence-electron chi connectivity index (χ3n) is 2.46. The molecule has 0 amide bonds. The number of aromatic nitrogens is 1. The van der Waals surface area contributed by atoms with E-state index >= 15 is 0 Å². The van der Waals surface area contributed by atoms with E-state index in [1.165, 1.54) is 5.56 Å². The van der Waals surface area contributed by atoms with Crippen LogP contribution in [0.3, 0.4) is 0 Å². The number of nitrogens with zero attached hydrogens (tertiary/aromatic N) is 1. The van der Waals surface area contributed by atoms with Gasteiger partial charge in [0.05, 0.1) is 0 Å². The maximum Gasteiger partial charge on any atom is 0.125 e. The molecule has 0 aliphatic heterocycles. The van der Waals surface area contributed by atoms with Gasteiger partial charge >= 0.3 is 0 Å². The number of hydrogen-bond acceptors (Lipinski definition) is 3. The first-order valence-corrected chi connectivity index (χ1v) is 5.36. The van der Waals surface area contributed by atoms with Gasteiger partial charge in [0.2, 0.25) is 0 Å². The van der Waals surface area contributed by atoms with E-state index in [4.69, 9.17) is 5.73 Å². The molecule has 0 atom stereocenters. The average Bonchev–Trinajstić information content (AvgIpc) is 2.30. The van der Waals surface area contributed by atoms with Crippen LogP contribution in [-0.4, -0.2) is 4.98 Å². The highest BCUT2D eigenvalue weighted by Gasteiger charge is 2.00. The van der Waals surface area contributed by atoms with Crippen molar-refractivity contribution in [3.8, 4) is 0 Å². The molecular weight excluding hydrogens is 198 g/mol. The molecule has 0 aliphatic rings. The quantitative estimate of drug-likeness (QED) is 0.824. The number of benzene rings is 1. The van der Waals surface area contributed by atoms with Crippen LogP contribution in [0.15, 0.2) is 42.6 Å². The molecule has 82 valence electrons. The molecule has 0 radical (unpaired) electrons. The van der Waals surface area contributed by atoms with Crippen molar-refractivity contribution in [1.29, 1.82) is 0 Å². The van der Waals surface area contributed by atoms with Crippen molar-refractivity contribution in [2.75, 3.05) is 11.1 Å². The number of aryl methyl sites for hydroxylation is 1. The summed E-state index contributed by atoms with van der Waals surface area (Å²) in [6.45, 7) is 2.14. The second-order valence-electron chi connectivity index (χ2n) is 3.61. The zero-order valence-electron chi connectivity index (χ0n) is 9.27. The highest BCUT2D eigenvalue weighted by molar-refractivity contribution is 5.64. The molecule has 0 bridgehead atoms. The molecule has 0 saturated carbocycles. The summed E-state index contributed by atoms with van der Waals surface area (Å²) in [4.78, 5) is 3.96. The topological polar surface area (TPSA) is 50.9 Å². The molecular formula is C13H15N3. The summed E-state index contributed by atoms with van der Waals surface area (Å²) in [6, 6.07) is 12.0. The largest absolute Gasteiger partial charge is 0.384 e. The Bertz CT molecular complexity index is 480. The van der Waals surface area contributed by atoms with Crippen molar-refractivity contribution in [2.45, 2.75) is 13.3 Å². The molecule has 1 aromatic heterocycles. The summed E-state index contributed by atoms with van der Waals surface area (Å²) < 4.78 is 0. The van der Waals surface area contributed by atoms with E-state index in [0.717, 1.165) is 17.8 Å². The minimum absolute atomic E-state index is 0.527. The second-order valence-corrected chi connectivity index (χ2v) is 3.61. The lowest BCUT2D eigenvalue weighted by atomic mass is 10.1. The third kappa shape index (κ3) is 2.31. The van der Waals surface area contributed by atoms with E-state index in [2.05, 4.69) is 29.4 Å². The maximum atomic E-state index is 5.63. The fraction of sp³-hybridized carbons (Fsp3) is 0.154.